The Balaban J connectivity index is 2.75. The zero-order chi connectivity index (χ0) is 15.0. The second-order valence-electron chi connectivity index (χ2n) is 4.09. The fraction of sp³-hybridized carbons (Fsp3) is 0.385. The lowest BCUT2D eigenvalue weighted by Gasteiger charge is -2.15. The summed E-state index contributed by atoms with van der Waals surface area (Å²) in [5.74, 6) is -0.459. The van der Waals surface area contributed by atoms with Crippen LogP contribution in [0, 0.1) is 0 Å². The summed E-state index contributed by atoms with van der Waals surface area (Å²) in [6, 6.07) is 8.81. The number of nitrogens with one attached hydrogen (secondary N) is 1. The van der Waals surface area contributed by atoms with Crippen molar-refractivity contribution in [2.45, 2.75) is 12.8 Å². The van der Waals surface area contributed by atoms with Gasteiger partial charge in [-0.3, -0.25) is 9.00 Å². The number of nitrogens with two attached hydrogens (primary N) is 1. The van der Waals surface area contributed by atoms with Crippen LogP contribution in [-0.2, 0) is 15.6 Å². The van der Waals surface area contributed by atoms with Gasteiger partial charge in [0.1, 0.15) is 5.92 Å². The summed E-state index contributed by atoms with van der Waals surface area (Å²) < 4.78 is 11.3. The van der Waals surface area contributed by atoms with Gasteiger partial charge in [-0.1, -0.05) is 42.4 Å². The second kappa shape index (κ2) is 8.31. The summed E-state index contributed by atoms with van der Waals surface area (Å²) in [5, 5.41) is 14.4. The molecule has 1 rings (SSSR count). The third kappa shape index (κ3) is 4.65. The van der Waals surface area contributed by atoms with Crippen LogP contribution in [0.4, 0.5) is 0 Å². The van der Waals surface area contributed by atoms with Gasteiger partial charge in [-0.25, -0.2) is 0 Å². The number of nitrogens with zero attached hydrogens (tertiary/aromatic N) is 1. The van der Waals surface area contributed by atoms with E-state index in [1.807, 2.05) is 13.0 Å². The Morgan fingerprint density at radius 1 is 1.45 bits per heavy atom. The van der Waals surface area contributed by atoms with E-state index in [2.05, 4.69) is 10.5 Å². The lowest BCUT2D eigenvalue weighted by molar-refractivity contribution is -0.121. The Bertz CT molecular complexity index is 491. The van der Waals surface area contributed by atoms with E-state index in [0.717, 1.165) is 0 Å². The number of rotatable bonds is 7. The first-order valence-corrected chi connectivity index (χ1v) is 7.74. The average Bonchev–Trinajstić information content (AvgIpc) is 2.48. The zero-order valence-corrected chi connectivity index (χ0v) is 12.1. The van der Waals surface area contributed by atoms with Crippen molar-refractivity contribution < 1.29 is 14.2 Å². The highest BCUT2D eigenvalue weighted by atomic mass is 32.2. The van der Waals surface area contributed by atoms with Gasteiger partial charge in [-0.2, -0.15) is 0 Å². The number of amidine groups is 1. The van der Waals surface area contributed by atoms with Crippen LogP contribution in [0.25, 0.3) is 0 Å². The monoisotopic (exact) mass is 297 g/mol. The summed E-state index contributed by atoms with van der Waals surface area (Å²) >= 11 is 0. The standard InChI is InChI=1S/C13H19N3O3S/c1-2-20(19)9-8-15-13(17)11(12(14)16-18)10-6-4-3-5-7-10/h3-7,11,18H,2,8-9H2,1H3,(H2,14,16)(H,15,17). The van der Waals surface area contributed by atoms with E-state index in [1.54, 1.807) is 24.3 Å². The fourth-order valence-corrected chi connectivity index (χ4v) is 2.31. The molecule has 6 nitrogen and oxygen atoms in total. The molecule has 20 heavy (non-hydrogen) atoms. The van der Waals surface area contributed by atoms with E-state index in [1.165, 1.54) is 0 Å². The number of amides is 1. The normalized spacial score (nSPS) is 14.6. The number of hydrogen-bond donors (Lipinski definition) is 3. The molecule has 7 heteroatoms. The first-order valence-electron chi connectivity index (χ1n) is 6.25. The van der Waals surface area contributed by atoms with Gasteiger partial charge in [0.15, 0.2) is 5.84 Å². The Labute approximate surface area is 120 Å². The maximum absolute atomic E-state index is 12.1. The highest BCUT2D eigenvalue weighted by Crippen LogP contribution is 2.15. The molecule has 4 N–H and O–H groups in total. The molecule has 0 saturated heterocycles. The van der Waals surface area contributed by atoms with Crippen molar-refractivity contribution in [2.75, 3.05) is 18.1 Å². The van der Waals surface area contributed by atoms with Crippen LogP contribution in [0.5, 0.6) is 0 Å². The highest BCUT2D eigenvalue weighted by Gasteiger charge is 2.24. The third-order valence-electron chi connectivity index (χ3n) is 2.76. The summed E-state index contributed by atoms with van der Waals surface area (Å²) in [7, 11) is -0.939. The molecule has 0 spiro atoms. The first kappa shape index (κ1) is 16.2. The van der Waals surface area contributed by atoms with Gasteiger partial charge in [-0.15, -0.1) is 0 Å². The molecule has 0 aliphatic rings. The van der Waals surface area contributed by atoms with Crippen molar-refractivity contribution in [3.63, 3.8) is 0 Å². The van der Waals surface area contributed by atoms with Crippen LogP contribution in [0.2, 0.25) is 0 Å². The Morgan fingerprint density at radius 2 is 2.10 bits per heavy atom. The van der Waals surface area contributed by atoms with E-state index in [-0.39, 0.29) is 11.7 Å². The topological polar surface area (TPSA) is 105 Å². The molecule has 0 heterocycles. The summed E-state index contributed by atoms with van der Waals surface area (Å²) in [6.07, 6.45) is 0. The Kier molecular flexibility index (Phi) is 6.72. The second-order valence-corrected chi connectivity index (χ2v) is 5.96. The van der Waals surface area contributed by atoms with E-state index in [0.29, 0.717) is 23.6 Å². The van der Waals surface area contributed by atoms with Crippen LogP contribution < -0.4 is 11.1 Å². The van der Waals surface area contributed by atoms with Gasteiger partial charge in [0.2, 0.25) is 5.91 Å². The van der Waals surface area contributed by atoms with Gasteiger partial charge in [-0.05, 0) is 5.56 Å². The molecule has 0 aliphatic heterocycles. The molecule has 1 amide bonds. The lowest BCUT2D eigenvalue weighted by atomic mass is 9.97. The molecule has 2 unspecified atom stereocenters. The van der Waals surface area contributed by atoms with Gasteiger partial charge in [0.25, 0.3) is 0 Å². The lowest BCUT2D eigenvalue weighted by Crippen LogP contribution is -2.38. The summed E-state index contributed by atoms with van der Waals surface area (Å²) in [4.78, 5) is 12.1. The minimum atomic E-state index is -0.939. The molecule has 0 aromatic heterocycles. The van der Waals surface area contributed by atoms with Crippen molar-refractivity contribution in [1.29, 1.82) is 0 Å². The van der Waals surface area contributed by atoms with Crippen molar-refractivity contribution in [1.82, 2.24) is 5.32 Å². The molecule has 2 atom stereocenters. The number of hydrogen-bond acceptors (Lipinski definition) is 4. The van der Waals surface area contributed by atoms with Gasteiger partial charge in [0, 0.05) is 28.9 Å². The molecule has 0 fully saturated rings. The van der Waals surface area contributed by atoms with Crippen LogP contribution in [0.1, 0.15) is 18.4 Å². The van der Waals surface area contributed by atoms with Crippen LogP contribution in [0.15, 0.2) is 35.5 Å². The minimum Gasteiger partial charge on any atom is -0.409 e. The summed E-state index contributed by atoms with van der Waals surface area (Å²) in [5.41, 5.74) is 6.22. The minimum absolute atomic E-state index is 0.176. The molecule has 0 bridgehead atoms. The molecule has 1 aromatic rings. The van der Waals surface area contributed by atoms with Crippen molar-refractivity contribution in [3.8, 4) is 0 Å². The van der Waals surface area contributed by atoms with Crippen LogP contribution >= 0.6 is 0 Å². The number of oxime groups is 1. The molecule has 0 aliphatic carbocycles. The SMILES string of the molecule is CCS(=O)CCNC(=O)C(/C(N)=N/O)c1ccccc1. The Hall–Kier alpha value is -1.89. The number of benzene rings is 1. The van der Waals surface area contributed by atoms with Gasteiger partial charge in [0.05, 0.1) is 0 Å². The highest BCUT2D eigenvalue weighted by molar-refractivity contribution is 7.84. The van der Waals surface area contributed by atoms with E-state index in [9.17, 15) is 9.00 Å². The predicted octanol–water partition coefficient (Wildman–Crippen LogP) is 0.401. The maximum atomic E-state index is 12.1. The molecular formula is C13H19N3O3S. The first-order chi connectivity index (χ1) is 9.60. The number of carbonyl (C=O) groups is 1. The van der Waals surface area contributed by atoms with Crippen molar-refractivity contribution in [2.24, 2.45) is 10.9 Å². The van der Waals surface area contributed by atoms with Gasteiger partial charge >= 0.3 is 0 Å². The maximum Gasteiger partial charge on any atom is 0.235 e. The molecule has 110 valence electrons. The van der Waals surface area contributed by atoms with Crippen LogP contribution in [0.3, 0.4) is 0 Å². The van der Waals surface area contributed by atoms with E-state index >= 15 is 0 Å². The average molecular weight is 297 g/mol. The largest absolute Gasteiger partial charge is 0.409 e. The molecule has 0 radical (unpaired) electrons. The quantitative estimate of drug-likeness (QED) is 0.293. The van der Waals surface area contributed by atoms with E-state index < -0.39 is 16.7 Å². The third-order valence-corrected chi connectivity index (χ3v) is 4.06. The Morgan fingerprint density at radius 3 is 2.65 bits per heavy atom. The van der Waals surface area contributed by atoms with E-state index in [4.69, 9.17) is 10.9 Å². The van der Waals surface area contributed by atoms with Crippen molar-refractivity contribution in [3.05, 3.63) is 35.9 Å². The van der Waals surface area contributed by atoms with Gasteiger partial charge < -0.3 is 16.3 Å². The molecule has 0 saturated carbocycles. The molecular weight excluding hydrogens is 278 g/mol. The predicted molar refractivity (Wildman–Crippen MR) is 79.2 cm³/mol. The smallest absolute Gasteiger partial charge is 0.235 e. The summed E-state index contributed by atoms with van der Waals surface area (Å²) in [6.45, 7) is 2.11. The molecule has 1 aromatic carbocycles. The zero-order valence-electron chi connectivity index (χ0n) is 11.3. The van der Waals surface area contributed by atoms with Crippen LogP contribution in [-0.4, -0.2) is 39.2 Å². The fourth-order valence-electron chi connectivity index (χ4n) is 1.69. The van der Waals surface area contributed by atoms with Crippen molar-refractivity contribution >= 4 is 22.5 Å². The number of carbonyl (C=O) groups excluding carboxylic acids is 1.